The summed E-state index contributed by atoms with van der Waals surface area (Å²) in [5.74, 6) is -0.358. The molecule has 6 nitrogen and oxygen atoms in total. The molecule has 2 aromatic rings. The SMILES string of the molecule is COc1ccc(F)cc1Oc1ccc(C(=O)NS(C)(=O)=O)cc1. The van der Waals surface area contributed by atoms with E-state index in [4.69, 9.17) is 9.47 Å². The Balaban J connectivity index is 2.18. The average molecular weight is 339 g/mol. The number of benzene rings is 2. The Hall–Kier alpha value is -2.61. The summed E-state index contributed by atoms with van der Waals surface area (Å²) in [4.78, 5) is 11.7. The number of carbonyl (C=O) groups is 1. The predicted molar refractivity (Wildman–Crippen MR) is 81.8 cm³/mol. The van der Waals surface area contributed by atoms with Crippen LogP contribution in [-0.2, 0) is 10.0 Å². The minimum atomic E-state index is -3.63. The second kappa shape index (κ2) is 6.66. The molecule has 0 saturated carbocycles. The second-order valence-electron chi connectivity index (χ2n) is 4.62. The number of ether oxygens (including phenoxy) is 2. The fraction of sp³-hybridized carbons (Fsp3) is 0.133. The standard InChI is InChI=1S/C15H14FNO5S/c1-21-13-8-5-11(16)9-14(13)22-12-6-3-10(4-7-12)15(18)17-23(2,19)20/h3-9H,1-2H3,(H,17,18). The van der Waals surface area contributed by atoms with Gasteiger partial charge in [0.2, 0.25) is 10.0 Å². The number of amides is 1. The van der Waals surface area contributed by atoms with Crippen molar-refractivity contribution < 1.29 is 27.1 Å². The van der Waals surface area contributed by atoms with Gasteiger partial charge in [-0.2, -0.15) is 0 Å². The molecule has 8 heteroatoms. The number of methoxy groups -OCH3 is 1. The minimum absolute atomic E-state index is 0.147. The van der Waals surface area contributed by atoms with Crippen molar-refractivity contribution in [3.63, 3.8) is 0 Å². The first-order valence-corrected chi connectivity index (χ1v) is 8.31. The van der Waals surface area contributed by atoms with Crippen molar-refractivity contribution in [2.45, 2.75) is 0 Å². The summed E-state index contributed by atoms with van der Waals surface area (Å²) >= 11 is 0. The molecule has 0 atom stereocenters. The predicted octanol–water partition coefficient (Wildman–Crippen LogP) is 2.32. The highest BCUT2D eigenvalue weighted by atomic mass is 32.2. The van der Waals surface area contributed by atoms with Gasteiger partial charge in [-0.25, -0.2) is 17.5 Å². The fourth-order valence-electron chi connectivity index (χ4n) is 1.76. The van der Waals surface area contributed by atoms with Crippen LogP contribution in [0.15, 0.2) is 42.5 Å². The van der Waals surface area contributed by atoms with E-state index >= 15 is 0 Å². The third-order valence-corrected chi connectivity index (χ3v) is 3.30. The van der Waals surface area contributed by atoms with E-state index in [0.717, 1.165) is 6.26 Å². The molecule has 0 aliphatic carbocycles. The van der Waals surface area contributed by atoms with Crippen LogP contribution in [-0.4, -0.2) is 27.7 Å². The zero-order valence-electron chi connectivity index (χ0n) is 12.4. The summed E-state index contributed by atoms with van der Waals surface area (Å²) in [6, 6.07) is 9.54. The summed E-state index contributed by atoms with van der Waals surface area (Å²) in [5.41, 5.74) is 0.147. The number of hydrogen-bond donors (Lipinski definition) is 1. The largest absolute Gasteiger partial charge is 0.493 e. The minimum Gasteiger partial charge on any atom is -0.493 e. The van der Waals surface area contributed by atoms with Crippen molar-refractivity contribution in [2.75, 3.05) is 13.4 Å². The number of carbonyl (C=O) groups excluding carboxylic acids is 1. The quantitative estimate of drug-likeness (QED) is 0.904. The van der Waals surface area contributed by atoms with E-state index in [1.54, 1.807) is 0 Å². The lowest BCUT2D eigenvalue weighted by atomic mass is 10.2. The molecular formula is C15H14FNO5S. The molecule has 0 saturated heterocycles. The maximum Gasteiger partial charge on any atom is 0.264 e. The van der Waals surface area contributed by atoms with Gasteiger partial charge in [0.25, 0.3) is 5.91 Å². The van der Waals surface area contributed by atoms with Crippen LogP contribution >= 0.6 is 0 Å². The van der Waals surface area contributed by atoms with Gasteiger partial charge < -0.3 is 9.47 Å². The third kappa shape index (κ3) is 4.68. The summed E-state index contributed by atoms with van der Waals surface area (Å²) in [6.45, 7) is 0. The highest BCUT2D eigenvalue weighted by Crippen LogP contribution is 2.32. The van der Waals surface area contributed by atoms with Gasteiger partial charge >= 0.3 is 0 Å². The van der Waals surface area contributed by atoms with Crippen molar-refractivity contribution >= 4 is 15.9 Å². The molecule has 1 amide bonds. The van der Waals surface area contributed by atoms with Crippen molar-refractivity contribution in [3.8, 4) is 17.2 Å². The van der Waals surface area contributed by atoms with Gasteiger partial charge in [0.15, 0.2) is 11.5 Å². The van der Waals surface area contributed by atoms with Crippen LogP contribution in [0, 0.1) is 5.82 Å². The molecule has 0 unspecified atom stereocenters. The molecule has 1 N–H and O–H groups in total. The van der Waals surface area contributed by atoms with E-state index in [9.17, 15) is 17.6 Å². The third-order valence-electron chi connectivity index (χ3n) is 2.75. The molecular weight excluding hydrogens is 325 g/mol. The number of halogens is 1. The van der Waals surface area contributed by atoms with Gasteiger partial charge in [-0.15, -0.1) is 0 Å². The van der Waals surface area contributed by atoms with Crippen molar-refractivity contribution in [1.82, 2.24) is 4.72 Å². The molecule has 0 bridgehead atoms. The molecule has 0 aliphatic heterocycles. The van der Waals surface area contributed by atoms with Crippen LogP contribution in [0.1, 0.15) is 10.4 Å². The first kappa shape index (κ1) is 16.8. The van der Waals surface area contributed by atoms with Crippen LogP contribution < -0.4 is 14.2 Å². The molecule has 0 aromatic heterocycles. The zero-order chi connectivity index (χ0) is 17.0. The number of sulfonamides is 1. The lowest BCUT2D eigenvalue weighted by molar-refractivity contribution is 0.0981. The van der Waals surface area contributed by atoms with Crippen molar-refractivity contribution in [3.05, 3.63) is 53.8 Å². The summed E-state index contributed by atoms with van der Waals surface area (Å²) in [7, 11) is -2.20. The maximum atomic E-state index is 13.3. The maximum absolute atomic E-state index is 13.3. The van der Waals surface area contributed by atoms with Crippen LogP contribution in [0.4, 0.5) is 4.39 Å². The van der Waals surface area contributed by atoms with E-state index in [2.05, 4.69) is 0 Å². The summed E-state index contributed by atoms with van der Waals surface area (Å²) in [5, 5.41) is 0. The fourth-order valence-corrected chi connectivity index (χ4v) is 2.21. The van der Waals surface area contributed by atoms with Crippen molar-refractivity contribution in [1.29, 1.82) is 0 Å². The normalized spacial score (nSPS) is 10.9. The Morgan fingerprint density at radius 1 is 1.09 bits per heavy atom. The van der Waals surface area contributed by atoms with Gasteiger partial charge in [-0.3, -0.25) is 4.79 Å². The van der Waals surface area contributed by atoms with E-state index in [0.29, 0.717) is 11.5 Å². The molecule has 0 heterocycles. The van der Waals surface area contributed by atoms with Crippen LogP contribution in [0.2, 0.25) is 0 Å². The lowest BCUT2D eigenvalue weighted by Crippen LogP contribution is -2.29. The first-order chi connectivity index (χ1) is 10.8. The molecule has 0 radical (unpaired) electrons. The highest BCUT2D eigenvalue weighted by Gasteiger charge is 2.12. The smallest absolute Gasteiger partial charge is 0.264 e. The number of nitrogens with one attached hydrogen (secondary N) is 1. The van der Waals surface area contributed by atoms with E-state index < -0.39 is 21.7 Å². The van der Waals surface area contributed by atoms with E-state index in [-0.39, 0.29) is 11.3 Å². The highest BCUT2D eigenvalue weighted by molar-refractivity contribution is 7.89. The summed E-state index contributed by atoms with van der Waals surface area (Å²) in [6.07, 6.45) is 0.888. The Labute approximate surface area is 132 Å². The monoisotopic (exact) mass is 339 g/mol. The van der Waals surface area contributed by atoms with Crippen molar-refractivity contribution in [2.24, 2.45) is 0 Å². The molecule has 0 fully saturated rings. The first-order valence-electron chi connectivity index (χ1n) is 6.42. The number of hydrogen-bond acceptors (Lipinski definition) is 5. The molecule has 0 spiro atoms. The van der Waals surface area contributed by atoms with Crippen LogP contribution in [0.25, 0.3) is 0 Å². The van der Waals surface area contributed by atoms with Gasteiger partial charge in [0, 0.05) is 11.6 Å². The molecule has 23 heavy (non-hydrogen) atoms. The van der Waals surface area contributed by atoms with Gasteiger partial charge in [0.1, 0.15) is 11.6 Å². The Morgan fingerprint density at radius 3 is 2.30 bits per heavy atom. The van der Waals surface area contributed by atoms with Crippen LogP contribution in [0.5, 0.6) is 17.2 Å². The Morgan fingerprint density at radius 2 is 1.74 bits per heavy atom. The molecule has 2 rings (SSSR count). The van der Waals surface area contributed by atoms with Gasteiger partial charge in [-0.05, 0) is 36.4 Å². The molecule has 0 aliphatic rings. The van der Waals surface area contributed by atoms with E-state index in [1.807, 2.05) is 4.72 Å². The number of rotatable bonds is 5. The Bertz CT molecular complexity index is 818. The molecule has 2 aromatic carbocycles. The summed E-state index contributed by atoms with van der Waals surface area (Å²) < 4.78 is 47.7. The molecule has 122 valence electrons. The average Bonchev–Trinajstić information content (AvgIpc) is 2.46. The van der Waals surface area contributed by atoms with Gasteiger partial charge in [-0.1, -0.05) is 0 Å². The topological polar surface area (TPSA) is 81.7 Å². The van der Waals surface area contributed by atoms with Crippen LogP contribution in [0.3, 0.4) is 0 Å². The Kier molecular flexibility index (Phi) is 4.85. The van der Waals surface area contributed by atoms with E-state index in [1.165, 1.54) is 49.6 Å². The zero-order valence-corrected chi connectivity index (χ0v) is 13.2. The second-order valence-corrected chi connectivity index (χ2v) is 6.37. The van der Waals surface area contributed by atoms with Gasteiger partial charge in [0.05, 0.1) is 13.4 Å². The lowest BCUT2D eigenvalue weighted by Gasteiger charge is -2.10.